The van der Waals surface area contributed by atoms with Crippen LogP contribution in [0.4, 0.5) is 0 Å². The van der Waals surface area contributed by atoms with Crippen molar-refractivity contribution in [2.75, 3.05) is 6.61 Å². The largest absolute Gasteiger partial charge is 0.463 e. The second-order valence-corrected chi connectivity index (χ2v) is 6.99. The van der Waals surface area contributed by atoms with Gasteiger partial charge >= 0.3 is 11.9 Å². The number of carbonyl (C=O) groups is 2. The summed E-state index contributed by atoms with van der Waals surface area (Å²) in [6.07, 6.45) is -4.33. The van der Waals surface area contributed by atoms with Gasteiger partial charge in [0.05, 0.1) is 6.10 Å². The predicted octanol–water partition coefficient (Wildman–Crippen LogP) is 2.30. The zero-order valence-electron chi connectivity index (χ0n) is 16.2. The van der Waals surface area contributed by atoms with E-state index in [0.29, 0.717) is 10.8 Å². The average molecular weight is 417 g/mol. The Morgan fingerprint density at radius 2 is 1.82 bits per heavy atom. The summed E-state index contributed by atoms with van der Waals surface area (Å²) in [5.74, 6) is -0.964. The molecule has 9 heteroatoms. The Balaban J connectivity index is 2.26. The number of halogens is 1. The smallest absolute Gasteiger partial charge is 0.303 e. The van der Waals surface area contributed by atoms with Crippen molar-refractivity contribution < 1.29 is 38.4 Å². The zero-order chi connectivity index (χ0) is 20.8. The minimum atomic E-state index is -1.09. The van der Waals surface area contributed by atoms with Crippen molar-refractivity contribution in [1.82, 2.24) is 0 Å². The van der Waals surface area contributed by atoms with Gasteiger partial charge in [-0.15, -0.1) is 0 Å². The summed E-state index contributed by atoms with van der Waals surface area (Å²) < 4.78 is 27.8. The SMILES string of the molecule is CC(=O)OCC1O[C@H](Oc2ccc(Cl)cc2)C(OC(C)=O)C(C)[C@H]1OC(C)O. The van der Waals surface area contributed by atoms with Crippen LogP contribution in [0, 0.1) is 5.92 Å². The first-order valence-electron chi connectivity index (χ1n) is 8.89. The third-order valence-electron chi connectivity index (χ3n) is 4.15. The molecule has 6 atom stereocenters. The number of ether oxygens (including phenoxy) is 5. The normalized spacial score (nSPS) is 28.3. The van der Waals surface area contributed by atoms with E-state index in [2.05, 4.69) is 0 Å². The summed E-state index contributed by atoms with van der Waals surface area (Å²) in [5.41, 5.74) is 0. The second-order valence-electron chi connectivity index (χ2n) is 6.55. The van der Waals surface area contributed by atoms with Crippen molar-refractivity contribution in [3.05, 3.63) is 29.3 Å². The van der Waals surface area contributed by atoms with Gasteiger partial charge in [0.1, 0.15) is 18.5 Å². The fourth-order valence-corrected chi connectivity index (χ4v) is 3.10. The second kappa shape index (κ2) is 10.1. The van der Waals surface area contributed by atoms with E-state index in [9.17, 15) is 14.7 Å². The lowest BCUT2D eigenvalue weighted by Gasteiger charge is -2.44. The molecule has 1 N–H and O–H groups in total. The highest BCUT2D eigenvalue weighted by Crippen LogP contribution is 2.33. The zero-order valence-corrected chi connectivity index (χ0v) is 16.9. The molecule has 1 heterocycles. The summed E-state index contributed by atoms with van der Waals surface area (Å²) in [6, 6.07) is 6.61. The van der Waals surface area contributed by atoms with E-state index in [4.69, 9.17) is 35.3 Å². The minimum absolute atomic E-state index is 0.107. The maximum atomic E-state index is 11.6. The molecular weight excluding hydrogens is 392 g/mol. The van der Waals surface area contributed by atoms with E-state index >= 15 is 0 Å². The van der Waals surface area contributed by atoms with Crippen molar-refractivity contribution in [1.29, 1.82) is 0 Å². The van der Waals surface area contributed by atoms with E-state index in [0.717, 1.165) is 0 Å². The number of rotatable bonds is 7. The van der Waals surface area contributed by atoms with Crippen LogP contribution in [-0.2, 0) is 28.5 Å². The van der Waals surface area contributed by atoms with Crippen LogP contribution in [0.3, 0.4) is 0 Å². The number of carbonyl (C=O) groups excluding carboxylic acids is 2. The Morgan fingerprint density at radius 3 is 2.36 bits per heavy atom. The lowest BCUT2D eigenvalue weighted by Crippen LogP contribution is -2.59. The molecule has 0 bridgehead atoms. The molecular formula is C19H25ClO8. The summed E-state index contributed by atoms with van der Waals surface area (Å²) in [6.45, 7) is 5.68. The van der Waals surface area contributed by atoms with Crippen LogP contribution < -0.4 is 4.74 Å². The fraction of sp³-hybridized carbons (Fsp3) is 0.579. The molecule has 0 aliphatic carbocycles. The Labute approximate surface area is 168 Å². The Hall–Kier alpha value is -1.87. The molecule has 156 valence electrons. The first-order valence-corrected chi connectivity index (χ1v) is 9.27. The molecule has 2 rings (SSSR count). The predicted molar refractivity (Wildman–Crippen MR) is 98.6 cm³/mol. The molecule has 1 aromatic rings. The molecule has 28 heavy (non-hydrogen) atoms. The molecule has 0 amide bonds. The highest BCUT2D eigenvalue weighted by atomic mass is 35.5. The summed E-state index contributed by atoms with van der Waals surface area (Å²) in [7, 11) is 0. The Bertz CT molecular complexity index is 660. The van der Waals surface area contributed by atoms with Crippen LogP contribution in [0.25, 0.3) is 0 Å². The van der Waals surface area contributed by atoms with Gasteiger partial charge in [-0.2, -0.15) is 0 Å². The summed E-state index contributed by atoms with van der Waals surface area (Å²) >= 11 is 5.89. The van der Waals surface area contributed by atoms with Crippen molar-refractivity contribution >= 4 is 23.5 Å². The van der Waals surface area contributed by atoms with E-state index in [-0.39, 0.29) is 6.61 Å². The number of aliphatic hydroxyl groups excluding tert-OH is 1. The third kappa shape index (κ3) is 6.34. The summed E-state index contributed by atoms with van der Waals surface area (Å²) in [5, 5.41) is 10.2. The van der Waals surface area contributed by atoms with Gasteiger partial charge in [0.25, 0.3) is 0 Å². The minimum Gasteiger partial charge on any atom is -0.463 e. The molecule has 1 aliphatic heterocycles. The van der Waals surface area contributed by atoms with Crippen LogP contribution in [-0.4, -0.2) is 54.5 Å². The van der Waals surface area contributed by atoms with Gasteiger partial charge < -0.3 is 28.8 Å². The number of hydrogen-bond acceptors (Lipinski definition) is 8. The average Bonchev–Trinajstić information content (AvgIpc) is 2.60. The van der Waals surface area contributed by atoms with Gasteiger partial charge in [0.15, 0.2) is 12.4 Å². The van der Waals surface area contributed by atoms with Crippen molar-refractivity contribution in [2.24, 2.45) is 5.92 Å². The number of benzene rings is 1. The fourth-order valence-electron chi connectivity index (χ4n) is 2.97. The van der Waals surface area contributed by atoms with Gasteiger partial charge in [0.2, 0.25) is 6.29 Å². The quantitative estimate of drug-likeness (QED) is 0.533. The lowest BCUT2D eigenvalue weighted by atomic mass is 9.90. The standard InChI is InChI=1S/C19H25ClO8/c1-10-17(25-12(3)22)16(9-24-11(2)21)28-19(18(10)26-13(4)23)27-15-7-5-14(20)6-8-15/h5-8,10,12,16-19,22H,9H2,1-4H3/t10?,12?,16?,17-,18?,19+/m1/s1. The maximum Gasteiger partial charge on any atom is 0.303 e. The Morgan fingerprint density at radius 1 is 1.18 bits per heavy atom. The van der Waals surface area contributed by atoms with Crippen molar-refractivity contribution in [3.8, 4) is 5.75 Å². The van der Waals surface area contributed by atoms with Gasteiger partial charge in [-0.1, -0.05) is 18.5 Å². The number of esters is 2. The molecule has 1 aromatic carbocycles. The van der Waals surface area contributed by atoms with Gasteiger partial charge in [-0.25, -0.2) is 0 Å². The van der Waals surface area contributed by atoms with Crippen LogP contribution >= 0.6 is 11.6 Å². The van der Waals surface area contributed by atoms with E-state index in [1.54, 1.807) is 31.2 Å². The van der Waals surface area contributed by atoms with E-state index < -0.39 is 48.7 Å². The first-order chi connectivity index (χ1) is 13.2. The molecule has 0 aromatic heterocycles. The number of aliphatic hydroxyl groups is 1. The van der Waals surface area contributed by atoms with Crippen LogP contribution in [0.2, 0.25) is 5.02 Å². The molecule has 1 aliphatic rings. The number of hydrogen-bond donors (Lipinski definition) is 1. The first kappa shape index (κ1) is 22.4. The molecule has 1 saturated heterocycles. The Kier molecular flexibility index (Phi) is 8.06. The van der Waals surface area contributed by atoms with Gasteiger partial charge in [-0.05, 0) is 31.2 Å². The van der Waals surface area contributed by atoms with E-state index in [1.807, 2.05) is 0 Å². The maximum absolute atomic E-state index is 11.6. The lowest BCUT2D eigenvalue weighted by molar-refractivity contribution is -0.293. The highest BCUT2D eigenvalue weighted by molar-refractivity contribution is 6.30. The topological polar surface area (TPSA) is 101 Å². The highest BCUT2D eigenvalue weighted by Gasteiger charge is 2.48. The molecule has 0 spiro atoms. The monoisotopic (exact) mass is 416 g/mol. The van der Waals surface area contributed by atoms with Crippen molar-refractivity contribution in [2.45, 2.75) is 58.6 Å². The van der Waals surface area contributed by atoms with Gasteiger partial charge in [-0.3, -0.25) is 9.59 Å². The molecule has 1 fully saturated rings. The van der Waals surface area contributed by atoms with E-state index in [1.165, 1.54) is 20.8 Å². The van der Waals surface area contributed by atoms with Gasteiger partial charge in [0, 0.05) is 24.8 Å². The van der Waals surface area contributed by atoms with Crippen LogP contribution in [0.5, 0.6) is 5.75 Å². The molecule has 4 unspecified atom stereocenters. The van der Waals surface area contributed by atoms with Crippen LogP contribution in [0.15, 0.2) is 24.3 Å². The molecule has 8 nitrogen and oxygen atoms in total. The third-order valence-corrected chi connectivity index (χ3v) is 4.40. The molecule has 0 radical (unpaired) electrons. The molecule has 0 saturated carbocycles. The van der Waals surface area contributed by atoms with Crippen LogP contribution in [0.1, 0.15) is 27.7 Å². The summed E-state index contributed by atoms with van der Waals surface area (Å²) in [4.78, 5) is 22.8. The van der Waals surface area contributed by atoms with Crippen molar-refractivity contribution in [3.63, 3.8) is 0 Å².